The van der Waals surface area contributed by atoms with Crippen molar-refractivity contribution in [3.05, 3.63) is 82.7 Å². The average molecular weight is 536 g/mol. The van der Waals surface area contributed by atoms with E-state index in [1.165, 1.54) is 0 Å². The number of benzene rings is 2. The number of carbonyl (C=O) groups is 2. The van der Waals surface area contributed by atoms with E-state index in [0.717, 1.165) is 16.9 Å². The molecule has 5 rings (SSSR count). The van der Waals surface area contributed by atoms with Crippen LogP contribution in [0.5, 0.6) is 0 Å². The number of fused-ring (bicyclic) bond motifs is 1. The molecule has 0 spiro atoms. The third kappa shape index (κ3) is 4.84. The van der Waals surface area contributed by atoms with Crippen molar-refractivity contribution in [1.29, 1.82) is 0 Å². The summed E-state index contributed by atoms with van der Waals surface area (Å²) in [6.45, 7) is 3.36. The van der Waals surface area contributed by atoms with Crippen molar-refractivity contribution < 1.29 is 19.8 Å². The normalized spacial score (nSPS) is 19.8. The third-order valence-corrected chi connectivity index (χ3v) is 7.44. The van der Waals surface area contributed by atoms with Gasteiger partial charge in [0.15, 0.2) is 5.60 Å². The Kier molecular flexibility index (Phi) is 7.34. The summed E-state index contributed by atoms with van der Waals surface area (Å²) in [5.74, 6) is -0.853. The standard InChI is InChI=1S/C28H30ClN5O4/c1-19(5-2-3-12-32-18-22(11-14-35)30-31-32)28(38)24-16-21(29)8-9-25(24)34(27(28)37)17-20-6-4-7-23(15-20)33-13-10-26(33)36/h2,4-9,15-16,18-19,35,38H,3,10-14,17H2,1H3/b5-2+/t19-,28+/m0/s1. The Morgan fingerprint density at radius 1 is 1.21 bits per heavy atom. The molecule has 0 radical (unpaired) electrons. The van der Waals surface area contributed by atoms with Crippen molar-refractivity contribution in [2.24, 2.45) is 5.92 Å². The molecule has 2 aliphatic rings. The van der Waals surface area contributed by atoms with Crippen LogP contribution in [0.3, 0.4) is 0 Å². The van der Waals surface area contributed by atoms with E-state index in [-0.39, 0.29) is 19.1 Å². The number of allylic oxidation sites excluding steroid dienone is 1. The minimum Gasteiger partial charge on any atom is -0.396 e. The minimum absolute atomic E-state index is 0.0226. The summed E-state index contributed by atoms with van der Waals surface area (Å²) < 4.78 is 1.70. The molecule has 1 saturated heterocycles. The maximum atomic E-state index is 13.8. The lowest BCUT2D eigenvalue weighted by Gasteiger charge is -2.31. The Bertz CT molecular complexity index is 1390. The van der Waals surface area contributed by atoms with Gasteiger partial charge < -0.3 is 20.0 Å². The minimum atomic E-state index is -1.77. The third-order valence-electron chi connectivity index (χ3n) is 7.21. The first kappa shape index (κ1) is 26.1. The van der Waals surface area contributed by atoms with Crippen LogP contribution in [0.15, 0.2) is 60.8 Å². The van der Waals surface area contributed by atoms with E-state index in [2.05, 4.69) is 10.3 Å². The number of hydrogen-bond acceptors (Lipinski definition) is 6. The van der Waals surface area contributed by atoms with E-state index in [0.29, 0.717) is 48.6 Å². The molecule has 2 atom stereocenters. The number of β-lactam (4-membered cyclic amide) rings is 1. The molecule has 3 heterocycles. The van der Waals surface area contributed by atoms with Crippen molar-refractivity contribution in [2.45, 2.75) is 44.9 Å². The molecule has 9 nitrogen and oxygen atoms in total. The molecule has 1 fully saturated rings. The quantitative estimate of drug-likeness (QED) is 0.304. The predicted octanol–water partition coefficient (Wildman–Crippen LogP) is 3.22. The number of nitrogens with zero attached hydrogens (tertiary/aromatic N) is 5. The molecule has 38 heavy (non-hydrogen) atoms. The number of anilines is 2. The van der Waals surface area contributed by atoms with Gasteiger partial charge >= 0.3 is 0 Å². The predicted molar refractivity (Wildman–Crippen MR) is 144 cm³/mol. The van der Waals surface area contributed by atoms with Crippen LogP contribution < -0.4 is 9.80 Å². The zero-order chi connectivity index (χ0) is 26.9. The van der Waals surface area contributed by atoms with Gasteiger partial charge in [-0.25, -0.2) is 0 Å². The van der Waals surface area contributed by atoms with E-state index >= 15 is 0 Å². The van der Waals surface area contributed by atoms with Crippen LogP contribution in [0, 0.1) is 5.92 Å². The highest BCUT2D eigenvalue weighted by molar-refractivity contribution is 6.31. The van der Waals surface area contributed by atoms with Crippen LogP contribution in [0.25, 0.3) is 0 Å². The number of amides is 2. The number of halogens is 1. The van der Waals surface area contributed by atoms with Gasteiger partial charge in [0.2, 0.25) is 5.91 Å². The molecule has 2 aliphatic heterocycles. The van der Waals surface area contributed by atoms with Crippen LogP contribution >= 0.6 is 11.6 Å². The van der Waals surface area contributed by atoms with Gasteiger partial charge in [0.05, 0.1) is 17.9 Å². The highest BCUT2D eigenvalue weighted by Gasteiger charge is 2.52. The van der Waals surface area contributed by atoms with Gasteiger partial charge in [-0.05, 0) is 42.3 Å². The second-order valence-electron chi connectivity index (χ2n) is 9.74. The van der Waals surface area contributed by atoms with Gasteiger partial charge in [-0.3, -0.25) is 14.3 Å². The first-order chi connectivity index (χ1) is 18.3. The molecule has 10 heteroatoms. The molecule has 1 aromatic heterocycles. The first-order valence-corrected chi connectivity index (χ1v) is 13.1. The van der Waals surface area contributed by atoms with E-state index in [9.17, 15) is 14.7 Å². The molecule has 2 aromatic carbocycles. The molecule has 0 saturated carbocycles. The molecule has 3 aromatic rings. The maximum absolute atomic E-state index is 13.8. The second-order valence-corrected chi connectivity index (χ2v) is 10.2. The molecular formula is C28H30ClN5O4. The molecular weight excluding hydrogens is 506 g/mol. The lowest BCUT2D eigenvalue weighted by molar-refractivity contribution is -0.139. The van der Waals surface area contributed by atoms with Gasteiger partial charge in [0, 0.05) is 60.9 Å². The van der Waals surface area contributed by atoms with E-state index in [1.807, 2.05) is 43.3 Å². The summed E-state index contributed by atoms with van der Waals surface area (Å²) >= 11 is 6.29. The summed E-state index contributed by atoms with van der Waals surface area (Å²) in [7, 11) is 0. The SMILES string of the molecule is C[C@@H](/C=C/CCn1cc(CCO)nn1)[C@]1(O)C(=O)N(Cc2cccc(N3CCC3=O)c2)c2ccc(Cl)cc21. The lowest BCUT2D eigenvalue weighted by Crippen LogP contribution is -2.44. The van der Waals surface area contributed by atoms with Gasteiger partial charge in [-0.15, -0.1) is 5.10 Å². The van der Waals surface area contributed by atoms with E-state index < -0.39 is 17.4 Å². The molecule has 2 N–H and O–H groups in total. The molecule has 0 bridgehead atoms. The van der Waals surface area contributed by atoms with Crippen molar-refractivity contribution in [1.82, 2.24) is 15.0 Å². The first-order valence-electron chi connectivity index (χ1n) is 12.7. The highest BCUT2D eigenvalue weighted by atomic mass is 35.5. The molecule has 0 aliphatic carbocycles. The Morgan fingerprint density at radius 2 is 2.05 bits per heavy atom. The van der Waals surface area contributed by atoms with Gasteiger partial charge in [0.25, 0.3) is 5.91 Å². The van der Waals surface area contributed by atoms with Gasteiger partial charge in [0.1, 0.15) is 0 Å². The zero-order valence-corrected chi connectivity index (χ0v) is 21.9. The summed E-state index contributed by atoms with van der Waals surface area (Å²) in [6.07, 6.45) is 7.19. The van der Waals surface area contributed by atoms with Crippen molar-refractivity contribution in [3.63, 3.8) is 0 Å². The Balaban J connectivity index is 1.34. The molecule has 0 unspecified atom stereocenters. The Labute approximate surface area is 225 Å². The van der Waals surface area contributed by atoms with Crippen molar-refractivity contribution >= 4 is 34.8 Å². The fraction of sp³-hybridized carbons (Fsp3) is 0.357. The van der Waals surface area contributed by atoms with Crippen LogP contribution in [0.2, 0.25) is 5.02 Å². The molecule has 2 amide bonds. The number of aliphatic hydroxyl groups is 2. The number of rotatable bonds is 10. The number of aromatic nitrogens is 3. The highest BCUT2D eigenvalue weighted by Crippen LogP contribution is 2.46. The van der Waals surface area contributed by atoms with Gasteiger partial charge in [-0.2, -0.15) is 0 Å². The molecule has 198 valence electrons. The Morgan fingerprint density at radius 3 is 2.79 bits per heavy atom. The summed E-state index contributed by atoms with van der Waals surface area (Å²) in [5, 5.41) is 29.4. The van der Waals surface area contributed by atoms with Crippen molar-refractivity contribution in [2.75, 3.05) is 23.0 Å². The second kappa shape index (κ2) is 10.7. The smallest absolute Gasteiger partial charge is 0.264 e. The van der Waals surface area contributed by atoms with Crippen LogP contribution in [-0.4, -0.2) is 50.2 Å². The fourth-order valence-electron chi connectivity index (χ4n) is 4.99. The average Bonchev–Trinajstić information content (AvgIpc) is 3.43. The number of aryl methyl sites for hydroxylation is 1. The van der Waals surface area contributed by atoms with Crippen LogP contribution in [0.4, 0.5) is 11.4 Å². The lowest BCUT2D eigenvalue weighted by atomic mass is 9.83. The van der Waals surface area contributed by atoms with Gasteiger partial charge in [-0.1, -0.05) is 48.0 Å². The summed E-state index contributed by atoms with van der Waals surface area (Å²) in [5.41, 5.74) is 1.72. The fourth-order valence-corrected chi connectivity index (χ4v) is 5.16. The number of carbonyl (C=O) groups excluding carboxylic acids is 2. The maximum Gasteiger partial charge on any atom is 0.264 e. The number of aliphatic hydroxyl groups excluding tert-OH is 1. The number of hydrogen-bond donors (Lipinski definition) is 2. The zero-order valence-electron chi connectivity index (χ0n) is 21.1. The van der Waals surface area contributed by atoms with Crippen molar-refractivity contribution in [3.8, 4) is 0 Å². The van der Waals surface area contributed by atoms with E-state index in [4.69, 9.17) is 16.7 Å². The topological polar surface area (TPSA) is 112 Å². The summed E-state index contributed by atoms with van der Waals surface area (Å²) in [4.78, 5) is 29.0. The summed E-state index contributed by atoms with van der Waals surface area (Å²) in [6, 6.07) is 12.7. The van der Waals surface area contributed by atoms with E-state index in [1.54, 1.807) is 38.9 Å². The van der Waals surface area contributed by atoms with Crippen LogP contribution in [-0.2, 0) is 34.7 Å². The largest absolute Gasteiger partial charge is 0.396 e. The monoisotopic (exact) mass is 535 g/mol. The Hall–Kier alpha value is -3.53. The van der Waals surface area contributed by atoms with Crippen LogP contribution in [0.1, 0.15) is 36.6 Å².